The molecular formula is C19H17Cl2NO3. The molecule has 2 atom stereocenters. The number of carbonyl (C=O) groups excluding carboxylic acids is 1. The van der Waals surface area contributed by atoms with Gasteiger partial charge >= 0.3 is 0 Å². The highest BCUT2D eigenvalue weighted by atomic mass is 35.5. The van der Waals surface area contributed by atoms with Crippen LogP contribution in [0.3, 0.4) is 0 Å². The quantitative estimate of drug-likeness (QED) is 0.772. The molecule has 1 saturated carbocycles. The molecule has 1 amide bonds. The number of furan rings is 1. The molecule has 130 valence electrons. The number of benzene rings is 1. The first-order valence-corrected chi connectivity index (χ1v) is 8.72. The second-order valence-electron chi connectivity index (χ2n) is 6.28. The van der Waals surface area contributed by atoms with Gasteiger partial charge in [0.1, 0.15) is 5.60 Å². The highest BCUT2D eigenvalue weighted by Gasteiger charge is 2.36. The maximum atomic E-state index is 11.5. The molecule has 0 spiro atoms. The number of amides is 1. The normalized spacial score (nSPS) is 22.9. The zero-order chi connectivity index (χ0) is 18.0. The van der Waals surface area contributed by atoms with Gasteiger partial charge in [0, 0.05) is 22.2 Å². The van der Waals surface area contributed by atoms with E-state index in [1.165, 1.54) is 0 Å². The molecule has 3 N–H and O–H groups in total. The van der Waals surface area contributed by atoms with Crippen molar-refractivity contribution in [2.75, 3.05) is 0 Å². The maximum absolute atomic E-state index is 11.5. The summed E-state index contributed by atoms with van der Waals surface area (Å²) in [6.45, 7) is 0. The predicted octanol–water partition coefficient (Wildman–Crippen LogP) is 4.13. The van der Waals surface area contributed by atoms with E-state index in [0.29, 0.717) is 23.4 Å². The largest absolute Gasteiger partial charge is 0.439 e. The highest BCUT2D eigenvalue weighted by molar-refractivity contribution is 6.30. The fourth-order valence-electron chi connectivity index (χ4n) is 3.26. The van der Waals surface area contributed by atoms with E-state index < -0.39 is 11.5 Å². The average Bonchev–Trinajstić information content (AvgIpc) is 2.96. The summed E-state index contributed by atoms with van der Waals surface area (Å²) in [6, 6.07) is 8.77. The molecule has 25 heavy (non-hydrogen) atoms. The summed E-state index contributed by atoms with van der Waals surface area (Å²) >= 11 is 11.8. The molecule has 1 aromatic carbocycles. The van der Waals surface area contributed by atoms with Gasteiger partial charge in [-0.15, -0.1) is 0 Å². The Kier molecular flexibility index (Phi) is 5.10. The van der Waals surface area contributed by atoms with Gasteiger partial charge in [-0.3, -0.25) is 4.79 Å². The van der Waals surface area contributed by atoms with E-state index in [2.05, 4.69) is 11.8 Å². The molecule has 1 aliphatic rings. The topological polar surface area (TPSA) is 76.5 Å². The molecule has 3 rings (SSSR count). The number of primary amides is 1. The van der Waals surface area contributed by atoms with Crippen molar-refractivity contribution in [3.8, 4) is 11.8 Å². The minimum Gasteiger partial charge on any atom is -0.439 e. The first-order valence-electron chi connectivity index (χ1n) is 7.96. The summed E-state index contributed by atoms with van der Waals surface area (Å²) in [5.41, 5.74) is 5.59. The molecule has 1 aromatic heterocycles. The van der Waals surface area contributed by atoms with Crippen molar-refractivity contribution in [2.24, 2.45) is 5.73 Å². The van der Waals surface area contributed by atoms with E-state index in [0.717, 1.165) is 18.4 Å². The molecule has 6 heteroatoms. The van der Waals surface area contributed by atoms with Gasteiger partial charge in [-0.25, -0.2) is 0 Å². The van der Waals surface area contributed by atoms with Crippen LogP contribution in [0.25, 0.3) is 0 Å². The van der Waals surface area contributed by atoms with Crippen molar-refractivity contribution in [1.82, 2.24) is 0 Å². The summed E-state index contributed by atoms with van der Waals surface area (Å²) in [5.74, 6) is 5.25. The zero-order valence-electron chi connectivity index (χ0n) is 13.4. The number of hydrogen-bond donors (Lipinski definition) is 2. The first kappa shape index (κ1) is 17.9. The molecule has 0 aliphatic heterocycles. The summed E-state index contributed by atoms with van der Waals surface area (Å²) in [5, 5.41) is 11.6. The van der Waals surface area contributed by atoms with E-state index in [1.54, 1.807) is 18.2 Å². The van der Waals surface area contributed by atoms with Crippen LogP contribution in [-0.4, -0.2) is 16.6 Å². The minimum atomic E-state index is -1.15. The van der Waals surface area contributed by atoms with Gasteiger partial charge in [-0.2, -0.15) is 0 Å². The third-order valence-corrected chi connectivity index (χ3v) is 4.81. The van der Waals surface area contributed by atoms with Crippen LogP contribution >= 0.6 is 23.2 Å². The third-order valence-electron chi connectivity index (χ3n) is 4.39. The van der Waals surface area contributed by atoms with Crippen molar-refractivity contribution in [3.05, 3.63) is 57.5 Å². The van der Waals surface area contributed by atoms with Gasteiger partial charge in [-0.1, -0.05) is 29.5 Å². The molecule has 1 heterocycles. The SMILES string of the molecule is NC(=O)c1oc(Cl)cc1[C@@H]1CCC[C@](O)(C#Cc2cccc(Cl)c2)C1. The number of halogens is 2. The smallest absolute Gasteiger partial charge is 0.284 e. The Morgan fingerprint density at radius 2 is 2.16 bits per heavy atom. The zero-order valence-corrected chi connectivity index (χ0v) is 14.9. The molecule has 2 aromatic rings. The Labute approximate surface area is 155 Å². The van der Waals surface area contributed by atoms with Gasteiger partial charge in [-0.05, 0) is 61.4 Å². The van der Waals surface area contributed by atoms with Crippen LogP contribution in [0.4, 0.5) is 0 Å². The van der Waals surface area contributed by atoms with Crippen LogP contribution in [0.5, 0.6) is 0 Å². The second-order valence-corrected chi connectivity index (χ2v) is 7.09. The first-order chi connectivity index (χ1) is 11.9. The molecule has 1 fully saturated rings. The maximum Gasteiger partial charge on any atom is 0.284 e. The average molecular weight is 378 g/mol. The summed E-state index contributed by atoms with van der Waals surface area (Å²) in [7, 11) is 0. The predicted molar refractivity (Wildman–Crippen MR) is 96.7 cm³/mol. The lowest BCUT2D eigenvalue weighted by atomic mass is 9.75. The van der Waals surface area contributed by atoms with Gasteiger partial charge in [0.05, 0.1) is 0 Å². The number of nitrogens with two attached hydrogens (primary N) is 1. The minimum absolute atomic E-state index is 0.0575. The van der Waals surface area contributed by atoms with Gasteiger partial charge < -0.3 is 15.3 Å². The van der Waals surface area contributed by atoms with Crippen LogP contribution in [-0.2, 0) is 0 Å². The van der Waals surface area contributed by atoms with E-state index in [9.17, 15) is 9.90 Å². The standard InChI is InChI=1S/C19H17Cl2NO3/c20-14-5-1-3-12(9-14)6-8-19(24)7-2-4-13(11-19)15-10-16(21)25-17(15)18(22)23/h1,3,5,9-10,13,24H,2,4,7,11H2,(H2,22,23)/t13-,19+/m1/s1. The number of carbonyl (C=O) groups is 1. The third kappa shape index (κ3) is 4.19. The Morgan fingerprint density at radius 1 is 1.36 bits per heavy atom. The van der Waals surface area contributed by atoms with Gasteiger partial charge in [0.2, 0.25) is 0 Å². The molecule has 0 unspecified atom stereocenters. The van der Waals surface area contributed by atoms with E-state index in [4.69, 9.17) is 33.4 Å². The van der Waals surface area contributed by atoms with E-state index in [-0.39, 0.29) is 16.9 Å². The Hall–Kier alpha value is -1.93. The van der Waals surface area contributed by atoms with Gasteiger partial charge in [0.15, 0.2) is 11.0 Å². The van der Waals surface area contributed by atoms with E-state index >= 15 is 0 Å². The molecule has 0 bridgehead atoms. The highest BCUT2D eigenvalue weighted by Crippen LogP contribution is 2.41. The Bertz CT molecular complexity index is 865. The van der Waals surface area contributed by atoms with Crippen molar-refractivity contribution >= 4 is 29.1 Å². The second kappa shape index (κ2) is 7.13. The lowest BCUT2D eigenvalue weighted by Crippen LogP contribution is -2.33. The summed E-state index contributed by atoms with van der Waals surface area (Å²) < 4.78 is 5.20. The lowest BCUT2D eigenvalue weighted by Gasteiger charge is -2.32. The molecule has 0 saturated heterocycles. The van der Waals surface area contributed by atoms with Crippen LogP contribution in [0.1, 0.15) is 53.3 Å². The number of hydrogen-bond acceptors (Lipinski definition) is 3. The number of aliphatic hydroxyl groups is 1. The Morgan fingerprint density at radius 3 is 2.88 bits per heavy atom. The van der Waals surface area contributed by atoms with Crippen molar-refractivity contribution in [2.45, 2.75) is 37.2 Å². The van der Waals surface area contributed by atoms with Crippen molar-refractivity contribution in [1.29, 1.82) is 0 Å². The van der Waals surface area contributed by atoms with Crippen LogP contribution in [0.15, 0.2) is 34.7 Å². The summed E-state index contributed by atoms with van der Waals surface area (Å²) in [4.78, 5) is 11.5. The van der Waals surface area contributed by atoms with Crippen LogP contribution in [0.2, 0.25) is 10.2 Å². The molecule has 0 radical (unpaired) electrons. The molecule has 1 aliphatic carbocycles. The van der Waals surface area contributed by atoms with Crippen LogP contribution < -0.4 is 5.73 Å². The summed E-state index contributed by atoms with van der Waals surface area (Å²) in [6.07, 6.45) is 2.52. The van der Waals surface area contributed by atoms with Crippen LogP contribution in [0, 0.1) is 11.8 Å². The van der Waals surface area contributed by atoms with Crippen molar-refractivity contribution < 1.29 is 14.3 Å². The van der Waals surface area contributed by atoms with Crippen molar-refractivity contribution in [3.63, 3.8) is 0 Å². The van der Waals surface area contributed by atoms with E-state index in [1.807, 2.05) is 12.1 Å². The Balaban J connectivity index is 1.85. The fourth-order valence-corrected chi connectivity index (χ4v) is 3.64. The number of rotatable bonds is 2. The van der Waals surface area contributed by atoms with Gasteiger partial charge in [0.25, 0.3) is 5.91 Å². The fraction of sp³-hybridized carbons (Fsp3) is 0.316. The molecule has 4 nitrogen and oxygen atoms in total. The lowest BCUT2D eigenvalue weighted by molar-refractivity contribution is 0.0516. The monoisotopic (exact) mass is 377 g/mol. The molecular weight excluding hydrogens is 361 g/mol.